The molecule has 0 spiro atoms. The van der Waals surface area contributed by atoms with Gasteiger partial charge in [0.15, 0.2) is 0 Å². The van der Waals surface area contributed by atoms with Crippen LogP contribution >= 0.6 is 0 Å². The Morgan fingerprint density at radius 3 is 2.96 bits per heavy atom. The molecule has 4 rings (SSSR count). The van der Waals surface area contributed by atoms with E-state index in [2.05, 4.69) is 25.3 Å². The highest BCUT2D eigenvalue weighted by molar-refractivity contribution is 5.91. The molecule has 1 aliphatic heterocycles. The molecule has 2 aromatic heterocycles. The van der Waals surface area contributed by atoms with E-state index in [1.807, 2.05) is 10.9 Å². The number of nitrogens with zero attached hydrogens (tertiary/aromatic N) is 5. The van der Waals surface area contributed by atoms with E-state index < -0.39 is 0 Å². The van der Waals surface area contributed by atoms with Gasteiger partial charge in [-0.25, -0.2) is 9.97 Å². The molecule has 1 amide bonds. The van der Waals surface area contributed by atoms with Crippen LogP contribution in [-0.2, 0) is 12.8 Å². The van der Waals surface area contributed by atoms with Crippen LogP contribution < -0.4 is 10.2 Å². The fourth-order valence-electron chi connectivity index (χ4n) is 4.11. The average Bonchev–Trinajstić information content (AvgIpc) is 3.06. The van der Waals surface area contributed by atoms with Gasteiger partial charge >= 0.3 is 0 Å². The summed E-state index contributed by atoms with van der Waals surface area (Å²) in [6.07, 6.45) is 11.7. The van der Waals surface area contributed by atoms with Crippen LogP contribution in [0, 0.1) is 0 Å². The summed E-state index contributed by atoms with van der Waals surface area (Å²) in [6.45, 7) is 1.89. The maximum absolute atomic E-state index is 11.8. The zero-order chi connectivity index (χ0) is 17.9. The van der Waals surface area contributed by atoms with Gasteiger partial charge in [-0.05, 0) is 44.6 Å². The van der Waals surface area contributed by atoms with Gasteiger partial charge in [0.2, 0.25) is 0 Å². The van der Waals surface area contributed by atoms with Gasteiger partial charge in [-0.3, -0.25) is 9.48 Å². The first kappa shape index (κ1) is 17.0. The minimum Gasteiger partial charge on any atom is -0.354 e. The molecule has 0 saturated carbocycles. The van der Waals surface area contributed by atoms with Gasteiger partial charge in [-0.15, -0.1) is 0 Å². The lowest BCUT2D eigenvalue weighted by Crippen LogP contribution is -2.38. The smallest absolute Gasteiger partial charge is 0.271 e. The van der Waals surface area contributed by atoms with Crippen molar-refractivity contribution in [2.24, 2.45) is 0 Å². The number of carbonyl (C=O) groups is 1. The molecule has 7 heteroatoms. The topological polar surface area (TPSA) is 75.9 Å². The maximum Gasteiger partial charge on any atom is 0.271 e. The third-order valence-corrected chi connectivity index (χ3v) is 5.49. The highest BCUT2D eigenvalue weighted by atomic mass is 16.1. The van der Waals surface area contributed by atoms with E-state index in [-0.39, 0.29) is 11.9 Å². The molecule has 7 nitrogen and oxygen atoms in total. The van der Waals surface area contributed by atoms with Crippen LogP contribution in [0.2, 0.25) is 0 Å². The molecule has 1 saturated heterocycles. The van der Waals surface area contributed by atoms with Crippen LogP contribution in [-0.4, -0.2) is 45.8 Å². The summed E-state index contributed by atoms with van der Waals surface area (Å²) in [5.41, 5.74) is 3.05. The summed E-state index contributed by atoms with van der Waals surface area (Å²) in [5, 5.41) is 7.11. The van der Waals surface area contributed by atoms with Gasteiger partial charge < -0.3 is 10.2 Å². The first-order valence-electron chi connectivity index (χ1n) is 9.61. The molecule has 1 aliphatic carbocycles. The Morgan fingerprint density at radius 2 is 2.08 bits per heavy atom. The Balaban J connectivity index is 1.56. The summed E-state index contributed by atoms with van der Waals surface area (Å²) in [7, 11) is 1.63. The molecule has 0 aromatic carbocycles. The van der Waals surface area contributed by atoms with E-state index >= 15 is 0 Å². The lowest BCUT2D eigenvalue weighted by molar-refractivity contribution is 0.0957. The zero-order valence-corrected chi connectivity index (χ0v) is 15.3. The highest BCUT2D eigenvalue weighted by Gasteiger charge is 2.26. The van der Waals surface area contributed by atoms with E-state index in [9.17, 15) is 4.79 Å². The first-order chi connectivity index (χ1) is 12.8. The summed E-state index contributed by atoms with van der Waals surface area (Å²) in [6, 6.07) is 2.05. The molecule has 3 heterocycles. The summed E-state index contributed by atoms with van der Waals surface area (Å²) in [4.78, 5) is 23.4. The van der Waals surface area contributed by atoms with E-state index in [1.165, 1.54) is 30.5 Å². The SMILES string of the molecule is CNC(=O)c1ccn(C2CCCN(c3ncnc4c3CCCCC4)C2)n1. The highest BCUT2D eigenvalue weighted by Crippen LogP contribution is 2.30. The van der Waals surface area contributed by atoms with Gasteiger partial charge in [0.05, 0.1) is 6.04 Å². The van der Waals surface area contributed by atoms with Crippen molar-refractivity contribution in [3.05, 3.63) is 35.5 Å². The van der Waals surface area contributed by atoms with Crippen molar-refractivity contribution in [1.82, 2.24) is 25.1 Å². The van der Waals surface area contributed by atoms with Crippen molar-refractivity contribution in [1.29, 1.82) is 0 Å². The third-order valence-electron chi connectivity index (χ3n) is 5.49. The number of rotatable bonds is 3. The van der Waals surface area contributed by atoms with Gasteiger partial charge in [0.25, 0.3) is 5.91 Å². The van der Waals surface area contributed by atoms with E-state index in [4.69, 9.17) is 0 Å². The lowest BCUT2D eigenvalue weighted by atomic mass is 10.0. The second kappa shape index (κ2) is 7.43. The van der Waals surface area contributed by atoms with Crippen LogP contribution in [0.5, 0.6) is 0 Å². The number of hydrogen-bond acceptors (Lipinski definition) is 5. The van der Waals surface area contributed by atoms with Crippen LogP contribution in [0.4, 0.5) is 5.82 Å². The molecule has 0 radical (unpaired) electrons. The molecule has 2 aliphatic rings. The number of aryl methyl sites for hydroxylation is 1. The number of aromatic nitrogens is 4. The number of amides is 1. The number of piperidine rings is 1. The summed E-state index contributed by atoms with van der Waals surface area (Å²) >= 11 is 0. The van der Waals surface area contributed by atoms with Crippen molar-refractivity contribution in [3.63, 3.8) is 0 Å². The van der Waals surface area contributed by atoms with Gasteiger partial charge in [-0.1, -0.05) is 6.42 Å². The minimum absolute atomic E-state index is 0.141. The van der Waals surface area contributed by atoms with E-state index in [0.717, 1.165) is 44.6 Å². The monoisotopic (exact) mass is 354 g/mol. The van der Waals surface area contributed by atoms with Crippen LogP contribution in [0.25, 0.3) is 0 Å². The molecule has 26 heavy (non-hydrogen) atoms. The van der Waals surface area contributed by atoms with Crippen molar-refractivity contribution in [2.75, 3.05) is 25.0 Å². The molecule has 1 fully saturated rings. The van der Waals surface area contributed by atoms with Crippen molar-refractivity contribution in [2.45, 2.75) is 51.0 Å². The molecule has 138 valence electrons. The predicted molar refractivity (Wildman–Crippen MR) is 99.4 cm³/mol. The van der Waals surface area contributed by atoms with Crippen molar-refractivity contribution >= 4 is 11.7 Å². The van der Waals surface area contributed by atoms with Gasteiger partial charge in [0, 0.05) is 37.6 Å². The van der Waals surface area contributed by atoms with E-state index in [1.54, 1.807) is 19.4 Å². The Morgan fingerprint density at radius 1 is 1.19 bits per heavy atom. The van der Waals surface area contributed by atoms with E-state index in [0.29, 0.717) is 5.69 Å². The van der Waals surface area contributed by atoms with Crippen molar-refractivity contribution < 1.29 is 4.79 Å². The Kier molecular flexibility index (Phi) is 4.86. The standard InChI is InChI=1S/C19H26N6O/c1-20-19(26)17-9-11-25(23-17)14-6-5-10-24(12-14)18-15-7-3-2-4-8-16(15)21-13-22-18/h9,11,13-14H,2-8,10,12H2,1H3,(H,20,26). The van der Waals surface area contributed by atoms with Crippen LogP contribution in [0.1, 0.15) is 59.9 Å². The second-order valence-corrected chi connectivity index (χ2v) is 7.19. The number of hydrogen-bond donors (Lipinski definition) is 1. The normalized spacial score (nSPS) is 20.3. The van der Waals surface area contributed by atoms with Crippen LogP contribution in [0.3, 0.4) is 0 Å². The fourth-order valence-corrected chi connectivity index (χ4v) is 4.11. The quantitative estimate of drug-likeness (QED) is 0.855. The van der Waals surface area contributed by atoms with Crippen LogP contribution in [0.15, 0.2) is 18.6 Å². The minimum atomic E-state index is -0.141. The van der Waals surface area contributed by atoms with Gasteiger partial charge in [-0.2, -0.15) is 5.10 Å². The number of anilines is 1. The molecule has 1 unspecified atom stereocenters. The largest absolute Gasteiger partial charge is 0.354 e. The molecule has 0 bridgehead atoms. The lowest BCUT2D eigenvalue weighted by Gasteiger charge is -2.35. The fraction of sp³-hybridized carbons (Fsp3) is 0.579. The zero-order valence-electron chi connectivity index (χ0n) is 15.3. The molecule has 1 N–H and O–H groups in total. The van der Waals surface area contributed by atoms with Crippen molar-refractivity contribution in [3.8, 4) is 0 Å². The molecular formula is C19H26N6O. The Hall–Kier alpha value is -2.44. The number of carbonyl (C=O) groups excluding carboxylic acids is 1. The molecular weight excluding hydrogens is 328 g/mol. The molecule has 1 atom stereocenters. The predicted octanol–water partition coefficient (Wildman–Crippen LogP) is 2.14. The Bertz CT molecular complexity index is 786. The van der Waals surface area contributed by atoms with Gasteiger partial charge in [0.1, 0.15) is 17.8 Å². The first-order valence-corrected chi connectivity index (χ1v) is 9.61. The third kappa shape index (κ3) is 3.30. The second-order valence-electron chi connectivity index (χ2n) is 7.19. The Labute approximate surface area is 153 Å². The average molecular weight is 354 g/mol. The number of fused-ring (bicyclic) bond motifs is 1. The summed E-state index contributed by atoms with van der Waals surface area (Å²) in [5.74, 6) is 0.970. The molecule has 2 aromatic rings. The number of nitrogens with one attached hydrogen (secondary N) is 1. The summed E-state index contributed by atoms with van der Waals surface area (Å²) < 4.78 is 1.94. The maximum atomic E-state index is 11.8.